The fourth-order valence-electron chi connectivity index (χ4n) is 4.73. The number of hydrogen-bond donors (Lipinski definition) is 0. The first-order chi connectivity index (χ1) is 14.2. The van der Waals surface area contributed by atoms with Gasteiger partial charge in [-0.3, -0.25) is 4.79 Å². The van der Waals surface area contributed by atoms with Crippen molar-refractivity contribution in [3.63, 3.8) is 0 Å². The fourth-order valence-corrected chi connectivity index (χ4v) is 5.02. The van der Waals surface area contributed by atoms with Gasteiger partial charge in [-0.15, -0.1) is 0 Å². The molecule has 1 aliphatic carbocycles. The third-order valence-corrected chi connectivity index (χ3v) is 7.33. The Hall–Kier alpha value is -0.950. The number of amides is 1. The van der Waals surface area contributed by atoms with Crippen molar-refractivity contribution in [2.24, 2.45) is 5.92 Å². The first-order valence-corrected chi connectivity index (χ1v) is 11.1. The number of methoxy groups -OCH3 is 2. The molecule has 1 saturated heterocycles. The van der Waals surface area contributed by atoms with Crippen molar-refractivity contribution >= 4 is 29.1 Å². The molecule has 0 bridgehead atoms. The zero-order valence-electron chi connectivity index (χ0n) is 17.4. The van der Waals surface area contributed by atoms with Gasteiger partial charge in [-0.2, -0.15) is 0 Å². The topological polar surface area (TPSA) is 38.8 Å². The number of piperidine rings is 1. The smallest absolute Gasteiger partial charge is 0.248 e. The van der Waals surface area contributed by atoms with E-state index in [2.05, 4.69) is 0 Å². The Morgan fingerprint density at radius 2 is 1.80 bits per heavy atom. The summed E-state index contributed by atoms with van der Waals surface area (Å²) in [4.78, 5) is 14.6. The highest BCUT2D eigenvalue weighted by Gasteiger charge is 2.43. The fraction of sp³-hybridized carbons (Fsp3) is 0.682. The summed E-state index contributed by atoms with van der Waals surface area (Å²) >= 11 is 12.4. The lowest BCUT2D eigenvalue weighted by atomic mass is 9.71. The predicted molar refractivity (Wildman–Crippen MR) is 113 cm³/mol. The number of rotatable bonds is 7. The van der Waals surface area contributed by atoms with E-state index in [1.807, 2.05) is 17.0 Å². The van der Waals surface area contributed by atoms with E-state index in [1.54, 1.807) is 20.3 Å². The van der Waals surface area contributed by atoms with Gasteiger partial charge in [0.05, 0.1) is 10.0 Å². The monoisotopic (exact) mass is 463 g/mol. The molecule has 0 aromatic heterocycles. The lowest BCUT2D eigenvalue weighted by molar-refractivity contribution is -0.144. The molecule has 8 heteroatoms. The molecular weight excluding hydrogens is 435 g/mol. The van der Waals surface area contributed by atoms with Crippen LogP contribution in [-0.2, 0) is 19.7 Å². The Morgan fingerprint density at radius 3 is 2.40 bits per heavy atom. The van der Waals surface area contributed by atoms with Crippen LogP contribution in [0.2, 0.25) is 10.0 Å². The van der Waals surface area contributed by atoms with Gasteiger partial charge in [0, 0.05) is 58.4 Å². The van der Waals surface area contributed by atoms with Gasteiger partial charge in [0.2, 0.25) is 11.8 Å². The Morgan fingerprint density at radius 1 is 1.13 bits per heavy atom. The van der Waals surface area contributed by atoms with Crippen LogP contribution in [0.15, 0.2) is 18.2 Å². The van der Waals surface area contributed by atoms with E-state index in [1.165, 1.54) is 0 Å². The average molecular weight is 464 g/mol. The minimum atomic E-state index is -2.57. The zero-order valence-corrected chi connectivity index (χ0v) is 18.9. The van der Waals surface area contributed by atoms with Crippen LogP contribution in [0.25, 0.3) is 0 Å². The number of alkyl halides is 2. The van der Waals surface area contributed by atoms with Crippen LogP contribution in [0, 0.1) is 5.92 Å². The second kappa shape index (κ2) is 9.68. The van der Waals surface area contributed by atoms with Crippen molar-refractivity contribution in [3.05, 3.63) is 33.8 Å². The van der Waals surface area contributed by atoms with Crippen molar-refractivity contribution in [1.82, 2.24) is 4.90 Å². The number of halogens is 4. The van der Waals surface area contributed by atoms with Crippen LogP contribution in [0.4, 0.5) is 8.78 Å². The molecule has 1 saturated carbocycles. The largest absolute Gasteiger partial charge is 0.356 e. The van der Waals surface area contributed by atoms with E-state index >= 15 is 0 Å². The molecule has 1 amide bonds. The number of benzene rings is 1. The number of hydrogen-bond acceptors (Lipinski definition) is 3. The lowest BCUT2D eigenvalue weighted by Gasteiger charge is -2.45. The van der Waals surface area contributed by atoms with E-state index in [0.29, 0.717) is 55.2 Å². The molecule has 0 spiro atoms. The quantitative estimate of drug-likeness (QED) is 0.487. The van der Waals surface area contributed by atoms with Gasteiger partial charge in [0.25, 0.3) is 0 Å². The lowest BCUT2D eigenvalue weighted by Crippen LogP contribution is -2.52. The summed E-state index contributed by atoms with van der Waals surface area (Å²) in [6, 6.07) is 5.55. The summed E-state index contributed by atoms with van der Waals surface area (Å²) in [6.45, 7) is 0.975. The van der Waals surface area contributed by atoms with Crippen LogP contribution < -0.4 is 0 Å². The number of ether oxygens (including phenoxy) is 2. The predicted octanol–water partition coefficient (Wildman–Crippen LogP) is 5.69. The Balaban J connectivity index is 1.84. The summed E-state index contributed by atoms with van der Waals surface area (Å²) < 4.78 is 38.0. The van der Waals surface area contributed by atoms with Gasteiger partial charge in [0.1, 0.15) is 0 Å². The maximum Gasteiger partial charge on any atom is 0.248 e. The second-order valence-corrected chi connectivity index (χ2v) is 9.40. The maximum absolute atomic E-state index is 13.5. The molecule has 0 radical (unpaired) electrons. The molecule has 3 rings (SSSR count). The van der Waals surface area contributed by atoms with Gasteiger partial charge in [-0.1, -0.05) is 29.3 Å². The molecule has 1 unspecified atom stereocenters. The first kappa shape index (κ1) is 23.7. The van der Waals surface area contributed by atoms with Crippen LogP contribution >= 0.6 is 23.2 Å². The molecule has 1 heterocycles. The van der Waals surface area contributed by atoms with Gasteiger partial charge < -0.3 is 14.4 Å². The molecular formula is C22H29Cl2F2NO3. The molecule has 2 fully saturated rings. The minimum Gasteiger partial charge on any atom is -0.356 e. The molecule has 1 atom stereocenters. The molecule has 1 aliphatic heterocycles. The van der Waals surface area contributed by atoms with Crippen molar-refractivity contribution < 1.29 is 23.0 Å². The highest BCUT2D eigenvalue weighted by Crippen LogP contribution is 2.42. The number of likely N-dealkylation sites (tertiary alicyclic amines) is 1. The van der Waals surface area contributed by atoms with Crippen molar-refractivity contribution in [2.45, 2.75) is 62.6 Å². The van der Waals surface area contributed by atoms with Crippen molar-refractivity contribution in [2.75, 3.05) is 27.3 Å². The Bertz CT molecular complexity index is 750. The van der Waals surface area contributed by atoms with Gasteiger partial charge >= 0.3 is 0 Å². The molecule has 1 aromatic rings. The van der Waals surface area contributed by atoms with Crippen molar-refractivity contribution in [3.8, 4) is 0 Å². The third-order valence-electron chi connectivity index (χ3n) is 6.59. The molecule has 2 aliphatic rings. The summed E-state index contributed by atoms with van der Waals surface area (Å²) in [5, 5.41) is 0.926. The highest BCUT2D eigenvalue weighted by molar-refractivity contribution is 6.42. The van der Waals surface area contributed by atoms with Crippen LogP contribution in [-0.4, -0.2) is 50.3 Å². The summed E-state index contributed by atoms with van der Waals surface area (Å²) in [7, 11) is 3.18. The summed E-state index contributed by atoms with van der Waals surface area (Å²) in [6.07, 6.45) is 1.79. The average Bonchev–Trinajstić information content (AvgIpc) is 2.72. The molecule has 4 nitrogen and oxygen atoms in total. The van der Waals surface area contributed by atoms with E-state index in [4.69, 9.17) is 32.7 Å². The van der Waals surface area contributed by atoms with E-state index < -0.39 is 17.6 Å². The summed E-state index contributed by atoms with van der Waals surface area (Å²) in [5.41, 5.74) is 0.556. The highest BCUT2D eigenvalue weighted by atomic mass is 35.5. The van der Waals surface area contributed by atoms with Gasteiger partial charge in [-0.05, 0) is 42.9 Å². The molecule has 1 aromatic carbocycles. The molecule has 30 heavy (non-hydrogen) atoms. The molecule has 0 N–H and O–H groups in total. The first-order valence-electron chi connectivity index (χ1n) is 10.3. The Kier molecular flexibility index (Phi) is 7.65. The normalized spacial score (nSPS) is 25.2. The molecule has 168 valence electrons. The van der Waals surface area contributed by atoms with Gasteiger partial charge in [-0.25, -0.2) is 8.78 Å². The SMILES string of the molecule is COC(CC1(c2ccc(Cl)c(Cl)c2)CCC(=O)N(CC2CCC(F)(F)CC2)C1)OC. The maximum atomic E-state index is 13.5. The Labute approximate surface area is 186 Å². The van der Waals surface area contributed by atoms with Crippen LogP contribution in [0.1, 0.15) is 50.5 Å². The number of nitrogens with zero attached hydrogens (tertiary/aromatic N) is 1. The standard InChI is InChI=1S/C22H29Cl2F2NO3/c1-29-20(30-2)12-21(16-3-4-17(23)18(24)11-16)8-7-19(28)27(14-21)13-15-5-9-22(25,26)10-6-15/h3-4,11,15,20H,5-10,12-14H2,1-2H3. The second-order valence-electron chi connectivity index (χ2n) is 8.59. The van der Waals surface area contributed by atoms with E-state index in [9.17, 15) is 13.6 Å². The van der Waals surface area contributed by atoms with E-state index in [-0.39, 0.29) is 24.7 Å². The van der Waals surface area contributed by atoms with Gasteiger partial charge in [0.15, 0.2) is 6.29 Å². The summed E-state index contributed by atoms with van der Waals surface area (Å²) in [5.74, 6) is -2.41. The minimum absolute atomic E-state index is 0.0643. The zero-order chi connectivity index (χ0) is 21.9. The van der Waals surface area contributed by atoms with Crippen LogP contribution in [0.5, 0.6) is 0 Å². The third kappa shape index (κ3) is 5.45. The number of carbonyl (C=O) groups excluding carboxylic acids is 1. The number of carbonyl (C=O) groups is 1. The van der Waals surface area contributed by atoms with Crippen LogP contribution in [0.3, 0.4) is 0 Å². The van der Waals surface area contributed by atoms with Crippen molar-refractivity contribution in [1.29, 1.82) is 0 Å². The van der Waals surface area contributed by atoms with E-state index in [0.717, 1.165) is 5.56 Å².